The molecule has 0 aliphatic carbocycles. The Morgan fingerprint density at radius 1 is 1.10 bits per heavy atom. The first-order chi connectivity index (χ1) is 14.0. The van der Waals surface area contributed by atoms with Crippen LogP contribution >= 0.6 is 22.9 Å². The monoisotopic (exact) mass is 427 g/mol. The summed E-state index contributed by atoms with van der Waals surface area (Å²) in [7, 11) is 0. The number of hydrogen-bond acceptors (Lipinski definition) is 4. The lowest BCUT2D eigenvalue weighted by Crippen LogP contribution is -2.34. The quantitative estimate of drug-likeness (QED) is 0.564. The van der Waals surface area contributed by atoms with Gasteiger partial charge in [0.05, 0.1) is 23.7 Å². The molecule has 0 aliphatic heterocycles. The molecule has 2 amide bonds. The van der Waals surface area contributed by atoms with Gasteiger partial charge in [-0.1, -0.05) is 48.9 Å². The van der Waals surface area contributed by atoms with E-state index >= 15 is 0 Å². The van der Waals surface area contributed by atoms with Crippen LogP contribution in [-0.2, 0) is 28.9 Å². The number of carbonyl (C=O) groups is 2. The zero-order chi connectivity index (χ0) is 20.6. The van der Waals surface area contributed by atoms with E-state index in [1.807, 2.05) is 60.8 Å². The molecule has 0 unspecified atom stereocenters. The van der Waals surface area contributed by atoms with E-state index in [2.05, 4.69) is 15.6 Å². The number of nitrogens with one attached hydrogen (secondary N) is 2. The fraction of sp³-hybridized carbons (Fsp3) is 0.227. The predicted octanol–water partition coefficient (Wildman–Crippen LogP) is 4.25. The average Bonchev–Trinajstić information content (AvgIpc) is 3.13. The van der Waals surface area contributed by atoms with Gasteiger partial charge in [0.15, 0.2) is 0 Å². The second-order valence-electron chi connectivity index (χ2n) is 6.55. The third kappa shape index (κ3) is 6.41. The van der Waals surface area contributed by atoms with Crippen LogP contribution < -0.4 is 10.6 Å². The van der Waals surface area contributed by atoms with Crippen LogP contribution in [0.15, 0.2) is 53.9 Å². The smallest absolute Gasteiger partial charge is 0.243 e. The highest BCUT2D eigenvalue weighted by atomic mass is 35.5. The van der Waals surface area contributed by atoms with Crippen molar-refractivity contribution in [2.24, 2.45) is 0 Å². The summed E-state index contributed by atoms with van der Waals surface area (Å²) in [5.41, 5.74) is 3.61. The highest BCUT2D eigenvalue weighted by molar-refractivity contribution is 7.09. The SMILES string of the molecule is CCc1ccccc1NC(=O)CNC(=O)Cc1csc(Cc2cccc(Cl)c2)n1. The lowest BCUT2D eigenvalue weighted by Gasteiger charge is -2.10. The molecule has 0 spiro atoms. The van der Waals surface area contributed by atoms with Gasteiger partial charge in [-0.15, -0.1) is 11.3 Å². The molecule has 0 saturated heterocycles. The molecule has 2 N–H and O–H groups in total. The fourth-order valence-electron chi connectivity index (χ4n) is 2.88. The second-order valence-corrected chi connectivity index (χ2v) is 7.93. The minimum absolute atomic E-state index is 0.0730. The van der Waals surface area contributed by atoms with Crippen molar-refractivity contribution in [2.45, 2.75) is 26.2 Å². The predicted molar refractivity (Wildman–Crippen MR) is 118 cm³/mol. The lowest BCUT2D eigenvalue weighted by molar-refractivity contribution is -0.123. The van der Waals surface area contributed by atoms with Crippen molar-refractivity contribution in [3.8, 4) is 0 Å². The summed E-state index contributed by atoms with van der Waals surface area (Å²) in [6.45, 7) is 1.96. The third-order valence-corrected chi connectivity index (χ3v) is 5.44. The Bertz CT molecular complexity index is 1000. The summed E-state index contributed by atoms with van der Waals surface area (Å²) >= 11 is 7.52. The number of aryl methyl sites for hydroxylation is 1. The summed E-state index contributed by atoms with van der Waals surface area (Å²) in [6.07, 6.45) is 1.64. The number of hydrogen-bond donors (Lipinski definition) is 2. The molecular weight excluding hydrogens is 406 g/mol. The summed E-state index contributed by atoms with van der Waals surface area (Å²) in [4.78, 5) is 28.8. The third-order valence-electron chi connectivity index (χ3n) is 4.30. The van der Waals surface area contributed by atoms with Crippen molar-refractivity contribution >= 4 is 40.4 Å². The van der Waals surface area contributed by atoms with Crippen molar-refractivity contribution in [1.82, 2.24) is 10.3 Å². The maximum Gasteiger partial charge on any atom is 0.243 e. The normalized spacial score (nSPS) is 10.6. The van der Waals surface area contributed by atoms with Crippen LogP contribution in [0, 0.1) is 0 Å². The van der Waals surface area contributed by atoms with Gasteiger partial charge in [0, 0.05) is 22.5 Å². The van der Waals surface area contributed by atoms with Crippen LogP contribution in [0.3, 0.4) is 0 Å². The number of para-hydroxylation sites is 1. The first-order valence-electron chi connectivity index (χ1n) is 9.35. The van der Waals surface area contributed by atoms with Crippen molar-refractivity contribution in [2.75, 3.05) is 11.9 Å². The Morgan fingerprint density at radius 3 is 2.72 bits per heavy atom. The maximum absolute atomic E-state index is 12.2. The van der Waals surface area contributed by atoms with Gasteiger partial charge in [-0.2, -0.15) is 0 Å². The summed E-state index contributed by atoms with van der Waals surface area (Å²) in [5.74, 6) is -0.484. The Kier molecular flexibility index (Phi) is 7.38. The number of halogens is 1. The molecule has 0 aliphatic rings. The molecule has 5 nitrogen and oxygen atoms in total. The number of rotatable bonds is 8. The molecule has 1 heterocycles. The summed E-state index contributed by atoms with van der Waals surface area (Å²) in [6, 6.07) is 15.3. The lowest BCUT2D eigenvalue weighted by atomic mass is 10.1. The first-order valence-corrected chi connectivity index (χ1v) is 10.6. The highest BCUT2D eigenvalue weighted by Gasteiger charge is 2.11. The van der Waals surface area contributed by atoms with Crippen LogP contribution in [-0.4, -0.2) is 23.3 Å². The standard InChI is InChI=1S/C22H22ClN3O2S/c1-2-16-7-3-4-9-19(16)26-21(28)13-24-20(27)12-18-14-29-22(25-18)11-15-6-5-8-17(23)10-15/h3-10,14H,2,11-13H2,1H3,(H,24,27)(H,26,28). The van der Waals surface area contributed by atoms with Crippen LogP contribution in [0.1, 0.15) is 28.8 Å². The van der Waals surface area contributed by atoms with E-state index in [0.29, 0.717) is 17.1 Å². The molecule has 150 valence electrons. The van der Waals surface area contributed by atoms with E-state index in [9.17, 15) is 9.59 Å². The van der Waals surface area contributed by atoms with E-state index in [0.717, 1.165) is 28.2 Å². The molecule has 3 rings (SSSR count). The molecule has 0 fully saturated rings. The Balaban J connectivity index is 1.47. The Morgan fingerprint density at radius 2 is 1.93 bits per heavy atom. The zero-order valence-corrected chi connectivity index (χ0v) is 17.6. The van der Waals surface area contributed by atoms with E-state index < -0.39 is 0 Å². The first kappa shape index (κ1) is 21.0. The summed E-state index contributed by atoms with van der Waals surface area (Å²) in [5, 5.41) is 8.98. The van der Waals surface area contributed by atoms with E-state index in [-0.39, 0.29) is 24.8 Å². The van der Waals surface area contributed by atoms with Gasteiger partial charge in [0.25, 0.3) is 0 Å². The largest absolute Gasteiger partial charge is 0.347 e. The average molecular weight is 428 g/mol. The molecule has 3 aromatic rings. The van der Waals surface area contributed by atoms with Crippen molar-refractivity contribution in [3.05, 3.63) is 80.8 Å². The number of benzene rings is 2. The van der Waals surface area contributed by atoms with Gasteiger partial charge in [-0.05, 0) is 35.7 Å². The second kappa shape index (κ2) is 10.2. The van der Waals surface area contributed by atoms with E-state index in [1.165, 1.54) is 11.3 Å². The van der Waals surface area contributed by atoms with Crippen LogP contribution in [0.4, 0.5) is 5.69 Å². The molecule has 0 bridgehead atoms. The molecule has 2 aromatic carbocycles. The number of thiazole rings is 1. The van der Waals surface area contributed by atoms with E-state index in [4.69, 9.17) is 11.6 Å². The molecule has 7 heteroatoms. The van der Waals surface area contributed by atoms with Gasteiger partial charge in [-0.25, -0.2) is 4.98 Å². The highest BCUT2D eigenvalue weighted by Crippen LogP contribution is 2.18. The molecule has 0 saturated carbocycles. The number of aromatic nitrogens is 1. The van der Waals surface area contributed by atoms with Crippen molar-refractivity contribution in [1.29, 1.82) is 0 Å². The maximum atomic E-state index is 12.2. The number of nitrogens with zero attached hydrogens (tertiary/aromatic N) is 1. The molecule has 0 atom stereocenters. The van der Waals surface area contributed by atoms with Gasteiger partial charge in [-0.3, -0.25) is 9.59 Å². The Labute approximate surface area is 179 Å². The molecular formula is C22H22ClN3O2S. The van der Waals surface area contributed by atoms with Gasteiger partial charge >= 0.3 is 0 Å². The van der Waals surface area contributed by atoms with Crippen LogP contribution in [0.2, 0.25) is 5.02 Å². The van der Waals surface area contributed by atoms with Crippen LogP contribution in [0.5, 0.6) is 0 Å². The van der Waals surface area contributed by atoms with E-state index in [1.54, 1.807) is 0 Å². The molecule has 1 aromatic heterocycles. The number of carbonyl (C=O) groups excluding carboxylic acids is 2. The minimum atomic E-state index is -0.251. The van der Waals surface area contributed by atoms with Gasteiger partial charge in [0.2, 0.25) is 11.8 Å². The number of anilines is 1. The number of amides is 2. The van der Waals surface area contributed by atoms with Crippen molar-refractivity contribution in [3.63, 3.8) is 0 Å². The fourth-order valence-corrected chi connectivity index (χ4v) is 3.92. The Hall–Kier alpha value is -2.70. The topological polar surface area (TPSA) is 71.1 Å². The van der Waals surface area contributed by atoms with Crippen LogP contribution in [0.25, 0.3) is 0 Å². The molecule has 0 radical (unpaired) electrons. The van der Waals surface area contributed by atoms with Crippen molar-refractivity contribution < 1.29 is 9.59 Å². The van der Waals surface area contributed by atoms with Gasteiger partial charge in [0.1, 0.15) is 0 Å². The molecule has 29 heavy (non-hydrogen) atoms. The zero-order valence-electron chi connectivity index (χ0n) is 16.1. The summed E-state index contributed by atoms with van der Waals surface area (Å²) < 4.78 is 0. The minimum Gasteiger partial charge on any atom is -0.347 e. The van der Waals surface area contributed by atoms with Gasteiger partial charge < -0.3 is 10.6 Å².